The van der Waals surface area contributed by atoms with Gasteiger partial charge in [-0.25, -0.2) is 4.39 Å². The quantitative estimate of drug-likeness (QED) is 0.817. The van der Waals surface area contributed by atoms with E-state index in [1.165, 1.54) is 0 Å². The Bertz CT molecular complexity index is 520. The molecule has 5 nitrogen and oxygen atoms in total. The molecule has 8 heteroatoms. The van der Waals surface area contributed by atoms with E-state index in [4.69, 9.17) is 5.73 Å². The molecule has 116 valence electrons. The maximum Gasteiger partial charge on any atom is 0.387 e. The van der Waals surface area contributed by atoms with Crippen LogP contribution in [-0.4, -0.2) is 37.1 Å². The number of rotatable bonds is 5. The minimum atomic E-state index is -3.14. The Balaban J connectivity index is 2.03. The molecule has 1 aliphatic rings. The first-order valence-electron chi connectivity index (χ1n) is 6.53. The largest absolute Gasteiger partial charge is 0.432 e. The van der Waals surface area contributed by atoms with Crippen molar-refractivity contribution in [3.05, 3.63) is 17.9 Å². The summed E-state index contributed by atoms with van der Waals surface area (Å²) in [6.45, 7) is -1.76. The van der Waals surface area contributed by atoms with Crippen LogP contribution in [0.1, 0.15) is 12.8 Å². The number of hydrogen-bond donors (Lipinski definition) is 2. The van der Waals surface area contributed by atoms with Crippen molar-refractivity contribution in [3.63, 3.8) is 0 Å². The highest BCUT2D eigenvalue weighted by molar-refractivity contribution is 5.82. The maximum absolute atomic E-state index is 13.4. The van der Waals surface area contributed by atoms with E-state index in [-0.39, 0.29) is 23.8 Å². The fourth-order valence-electron chi connectivity index (χ4n) is 2.16. The molecule has 0 atom stereocenters. The summed E-state index contributed by atoms with van der Waals surface area (Å²) in [5, 5.41) is 2.72. The molecule has 1 saturated heterocycles. The molecule has 1 aliphatic heterocycles. The van der Waals surface area contributed by atoms with Crippen LogP contribution < -0.4 is 15.8 Å². The number of benzene rings is 1. The summed E-state index contributed by atoms with van der Waals surface area (Å²) in [5.74, 6) is -1.72. The maximum atomic E-state index is 13.4. The fraction of sp³-hybridized carbons (Fsp3) is 0.462. The topological polar surface area (TPSA) is 67.6 Å². The van der Waals surface area contributed by atoms with Gasteiger partial charge in [-0.05, 0) is 12.8 Å². The van der Waals surface area contributed by atoms with Gasteiger partial charge in [0.2, 0.25) is 5.91 Å². The number of amides is 1. The van der Waals surface area contributed by atoms with Crippen LogP contribution in [0, 0.1) is 5.82 Å². The Morgan fingerprint density at radius 2 is 2.05 bits per heavy atom. The number of ether oxygens (including phenoxy) is 1. The third kappa shape index (κ3) is 3.93. The second kappa shape index (κ2) is 6.55. The highest BCUT2D eigenvalue weighted by atomic mass is 19.3. The van der Waals surface area contributed by atoms with Crippen molar-refractivity contribution in [2.75, 3.05) is 30.7 Å². The molecule has 0 saturated carbocycles. The van der Waals surface area contributed by atoms with E-state index in [0.29, 0.717) is 13.1 Å². The zero-order valence-corrected chi connectivity index (χ0v) is 11.2. The van der Waals surface area contributed by atoms with Crippen molar-refractivity contribution in [1.29, 1.82) is 0 Å². The Hall–Kier alpha value is -2.12. The Kier molecular flexibility index (Phi) is 4.77. The lowest BCUT2D eigenvalue weighted by Crippen LogP contribution is -2.33. The molecule has 3 N–H and O–H groups in total. The summed E-state index contributed by atoms with van der Waals surface area (Å²) in [6, 6.07) is 1.90. The predicted molar refractivity (Wildman–Crippen MR) is 71.7 cm³/mol. The first kappa shape index (κ1) is 15.3. The molecule has 0 spiro atoms. The Morgan fingerprint density at radius 1 is 1.38 bits per heavy atom. The predicted octanol–water partition coefficient (Wildman–Crippen LogP) is 2.04. The van der Waals surface area contributed by atoms with Crippen LogP contribution in [0.25, 0.3) is 0 Å². The summed E-state index contributed by atoms with van der Waals surface area (Å²) in [6.07, 6.45) is 1.94. The number of nitrogens with two attached hydrogens (primary N) is 1. The van der Waals surface area contributed by atoms with Gasteiger partial charge in [0.1, 0.15) is 0 Å². The van der Waals surface area contributed by atoms with Crippen LogP contribution in [0.15, 0.2) is 12.1 Å². The monoisotopic (exact) mass is 303 g/mol. The molecule has 0 bridgehead atoms. The minimum Gasteiger partial charge on any atom is -0.432 e. The third-order valence-electron chi connectivity index (χ3n) is 3.21. The second-order valence-electron chi connectivity index (χ2n) is 4.69. The Labute approximate surface area is 119 Å². The fourth-order valence-corrected chi connectivity index (χ4v) is 2.16. The molecule has 1 heterocycles. The second-order valence-corrected chi connectivity index (χ2v) is 4.69. The minimum absolute atomic E-state index is 0.0170. The molecule has 21 heavy (non-hydrogen) atoms. The van der Waals surface area contributed by atoms with Gasteiger partial charge >= 0.3 is 6.61 Å². The lowest BCUT2D eigenvalue weighted by molar-refractivity contribution is -0.128. The van der Waals surface area contributed by atoms with Gasteiger partial charge in [-0.15, -0.1) is 0 Å². The van der Waals surface area contributed by atoms with E-state index in [1.54, 1.807) is 4.90 Å². The summed E-state index contributed by atoms with van der Waals surface area (Å²) in [5.41, 5.74) is 5.79. The van der Waals surface area contributed by atoms with Crippen molar-refractivity contribution >= 4 is 17.3 Å². The van der Waals surface area contributed by atoms with Crippen LogP contribution in [0.3, 0.4) is 0 Å². The van der Waals surface area contributed by atoms with Crippen molar-refractivity contribution in [1.82, 2.24) is 4.90 Å². The van der Waals surface area contributed by atoms with E-state index in [0.717, 1.165) is 25.0 Å². The van der Waals surface area contributed by atoms with Gasteiger partial charge in [-0.2, -0.15) is 8.78 Å². The summed E-state index contributed by atoms with van der Waals surface area (Å²) >= 11 is 0. The van der Waals surface area contributed by atoms with E-state index < -0.39 is 18.2 Å². The van der Waals surface area contributed by atoms with E-state index in [9.17, 15) is 18.0 Å². The van der Waals surface area contributed by atoms with Gasteiger partial charge in [-0.1, -0.05) is 0 Å². The molecule has 0 aromatic heterocycles. The molecule has 1 amide bonds. The zero-order chi connectivity index (χ0) is 15.4. The van der Waals surface area contributed by atoms with E-state index in [2.05, 4.69) is 10.1 Å². The zero-order valence-electron chi connectivity index (χ0n) is 11.2. The van der Waals surface area contributed by atoms with Crippen molar-refractivity contribution in [3.8, 4) is 5.75 Å². The van der Waals surface area contributed by atoms with Gasteiger partial charge in [0.15, 0.2) is 11.6 Å². The molecule has 1 aromatic carbocycles. The summed E-state index contributed by atoms with van der Waals surface area (Å²) < 4.78 is 41.7. The van der Waals surface area contributed by atoms with Crippen LogP contribution in [0.4, 0.5) is 24.5 Å². The number of nitrogen functional groups attached to an aromatic ring is 1. The van der Waals surface area contributed by atoms with Crippen molar-refractivity contribution < 1.29 is 22.7 Å². The third-order valence-corrected chi connectivity index (χ3v) is 3.21. The first-order chi connectivity index (χ1) is 9.97. The van der Waals surface area contributed by atoms with Crippen LogP contribution in [0.2, 0.25) is 0 Å². The van der Waals surface area contributed by atoms with Crippen LogP contribution >= 0.6 is 0 Å². The van der Waals surface area contributed by atoms with E-state index in [1.807, 2.05) is 0 Å². The number of carbonyl (C=O) groups excluding carboxylic acids is 1. The van der Waals surface area contributed by atoms with Crippen LogP contribution in [-0.2, 0) is 4.79 Å². The number of anilines is 2. The normalized spacial score (nSPS) is 14.6. The van der Waals surface area contributed by atoms with Crippen molar-refractivity contribution in [2.45, 2.75) is 19.5 Å². The summed E-state index contributed by atoms with van der Waals surface area (Å²) in [7, 11) is 0. The number of carbonyl (C=O) groups is 1. The average molecular weight is 303 g/mol. The molecular formula is C13H16F3N3O2. The standard InChI is InChI=1S/C13H16F3N3O2/c14-8-5-9(17)10(6-11(8)21-13(15)16)18-7-12(20)19-3-1-2-4-19/h5-6,13,18H,1-4,7,17H2. The lowest BCUT2D eigenvalue weighted by Gasteiger charge is -2.17. The highest BCUT2D eigenvalue weighted by Crippen LogP contribution is 2.29. The number of nitrogens with one attached hydrogen (secondary N) is 1. The van der Waals surface area contributed by atoms with Gasteiger partial charge in [0.25, 0.3) is 0 Å². The number of likely N-dealkylation sites (tertiary alicyclic amines) is 1. The molecule has 0 unspecified atom stereocenters. The van der Waals surface area contributed by atoms with Gasteiger partial charge in [0, 0.05) is 25.2 Å². The van der Waals surface area contributed by atoms with Gasteiger partial charge in [-0.3, -0.25) is 4.79 Å². The lowest BCUT2D eigenvalue weighted by atomic mass is 10.2. The number of nitrogens with zero attached hydrogens (tertiary/aromatic N) is 1. The average Bonchev–Trinajstić information content (AvgIpc) is 2.93. The Morgan fingerprint density at radius 3 is 2.67 bits per heavy atom. The number of hydrogen-bond acceptors (Lipinski definition) is 4. The SMILES string of the molecule is Nc1cc(F)c(OC(F)F)cc1NCC(=O)N1CCCC1. The molecule has 0 aliphatic carbocycles. The molecule has 1 fully saturated rings. The molecule has 1 aromatic rings. The smallest absolute Gasteiger partial charge is 0.387 e. The first-order valence-corrected chi connectivity index (χ1v) is 6.53. The molecule has 2 rings (SSSR count). The number of halogens is 3. The van der Waals surface area contributed by atoms with Gasteiger partial charge in [0.05, 0.1) is 17.9 Å². The number of alkyl halides is 2. The van der Waals surface area contributed by atoms with E-state index >= 15 is 0 Å². The van der Waals surface area contributed by atoms with Crippen LogP contribution in [0.5, 0.6) is 5.75 Å². The summed E-state index contributed by atoms with van der Waals surface area (Å²) in [4.78, 5) is 13.6. The van der Waals surface area contributed by atoms with Crippen molar-refractivity contribution in [2.24, 2.45) is 0 Å². The molecular weight excluding hydrogens is 287 g/mol. The highest BCUT2D eigenvalue weighted by Gasteiger charge is 2.18. The van der Waals surface area contributed by atoms with Gasteiger partial charge < -0.3 is 20.7 Å². The molecule has 0 radical (unpaired) electrons.